The summed E-state index contributed by atoms with van der Waals surface area (Å²) in [5.74, 6) is 1.67. The lowest BCUT2D eigenvalue weighted by Crippen LogP contribution is -2.41. The van der Waals surface area contributed by atoms with Crippen LogP contribution >= 0.6 is 0 Å². The van der Waals surface area contributed by atoms with Crippen molar-refractivity contribution in [1.29, 1.82) is 0 Å². The molecule has 1 saturated carbocycles. The Hall–Kier alpha value is -1.29. The van der Waals surface area contributed by atoms with Crippen LogP contribution in [0.15, 0.2) is 22.8 Å². The summed E-state index contributed by atoms with van der Waals surface area (Å²) in [7, 11) is 0. The molecule has 22 heavy (non-hydrogen) atoms. The van der Waals surface area contributed by atoms with E-state index in [0.29, 0.717) is 6.54 Å². The van der Waals surface area contributed by atoms with E-state index in [2.05, 4.69) is 17.1 Å². The molecular weight excluding hydrogens is 276 g/mol. The summed E-state index contributed by atoms with van der Waals surface area (Å²) in [5, 5.41) is 3.03. The van der Waals surface area contributed by atoms with Crippen molar-refractivity contribution in [2.75, 3.05) is 19.6 Å². The third kappa shape index (κ3) is 5.48. The summed E-state index contributed by atoms with van der Waals surface area (Å²) >= 11 is 0. The molecule has 0 bridgehead atoms. The molecule has 0 saturated heterocycles. The topological polar surface area (TPSA) is 45.5 Å². The van der Waals surface area contributed by atoms with Gasteiger partial charge in [-0.3, -0.25) is 9.69 Å². The van der Waals surface area contributed by atoms with Crippen LogP contribution in [-0.4, -0.2) is 30.4 Å². The highest BCUT2D eigenvalue weighted by Gasteiger charge is 2.19. The van der Waals surface area contributed by atoms with Crippen molar-refractivity contribution in [3.8, 4) is 0 Å². The van der Waals surface area contributed by atoms with Gasteiger partial charge in [0.25, 0.3) is 0 Å². The zero-order valence-corrected chi connectivity index (χ0v) is 14.0. The fourth-order valence-corrected chi connectivity index (χ4v) is 3.38. The Morgan fingerprint density at radius 3 is 2.82 bits per heavy atom. The van der Waals surface area contributed by atoms with E-state index in [1.807, 2.05) is 19.1 Å². The fraction of sp³-hybridized carbons (Fsp3) is 0.722. The van der Waals surface area contributed by atoms with Crippen molar-refractivity contribution in [2.45, 2.75) is 58.4 Å². The molecule has 1 unspecified atom stereocenters. The summed E-state index contributed by atoms with van der Waals surface area (Å²) in [6, 6.07) is 3.68. The number of carbonyl (C=O) groups excluding carboxylic acids is 1. The SMILES string of the molecule is CCCN(CC(=O)NC(C)c1ccco1)CC1CCCCC1. The zero-order chi connectivity index (χ0) is 15.8. The maximum Gasteiger partial charge on any atom is 0.234 e. The molecule has 0 radical (unpaired) electrons. The van der Waals surface area contributed by atoms with Crippen molar-refractivity contribution in [3.05, 3.63) is 24.2 Å². The predicted molar refractivity (Wildman–Crippen MR) is 88.6 cm³/mol. The van der Waals surface area contributed by atoms with E-state index in [1.54, 1.807) is 6.26 Å². The van der Waals surface area contributed by atoms with Gasteiger partial charge in [0.05, 0.1) is 18.8 Å². The van der Waals surface area contributed by atoms with E-state index in [9.17, 15) is 4.79 Å². The molecule has 1 aliphatic rings. The predicted octanol–water partition coefficient (Wildman–Crippen LogP) is 3.75. The maximum atomic E-state index is 12.3. The van der Waals surface area contributed by atoms with Gasteiger partial charge in [0.15, 0.2) is 0 Å². The molecule has 1 heterocycles. The Kier molecular flexibility index (Phi) is 6.97. The quantitative estimate of drug-likeness (QED) is 0.795. The largest absolute Gasteiger partial charge is 0.467 e. The second-order valence-corrected chi connectivity index (χ2v) is 6.54. The summed E-state index contributed by atoms with van der Waals surface area (Å²) in [5.41, 5.74) is 0. The van der Waals surface area contributed by atoms with Crippen LogP contribution in [0.25, 0.3) is 0 Å². The van der Waals surface area contributed by atoms with Gasteiger partial charge >= 0.3 is 0 Å². The molecule has 1 aliphatic carbocycles. The molecule has 1 aromatic heterocycles. The van der Waals surface area contributed by atoms with Crippen LogP contribution in [0.2, 0.25) is 0 Å². The van der Waals surface area contributed by atoms with Gasteiger partial charge in [0.1, 0.15) is 5.76 Å². The van der Waals surface area contributed by atoms with Gasteiger partial charge in [0, 0.05) is 6.54 Å². The van der Waals surface area contributed by atoms with E-state index in [4.69, 9.17) is 4.42 Å². The average molecular weight is 306 g/mol. The molecule has 0 aromatic carbocycles. The van der Waals surface area contributed by atoms with Gasteiger partial charge in [0.2, 0.25) is 5.91 Å². The number of nitrogens with zero attached hydrogens (tertiary/aromatic N) is 1. The molecule has 4 heteroatoms. The summed E-state index contributed by atoms with van der Waals surface area (Å²) in [6.45, 7) is 6.70. The number of nitrogens with one attached hydrogen (secondary N) is 1. The lowest BCUT2D eigenvalue weighted by Gasteiger charge is -2.29. The van der Waals surface area contributed by atoms with Crippen LogP contribution < -0.4 is 5.32 Å². The van der Waals surface area contributed by atoms with Crippen LogP contribution in [0, 0.1) is 5.92 Å². The van der Waals surface area contributed by atoms with Gasteiger partial charge in [-0.1, -0.05) is 26.2 Å². The van der Waals surface area contributed by atoms with Crippen molar-refractivity contribution >= 4 is 5.91 Å². The number of furan rings is 1. The first-order chi connectivity index (χ1) is 10.7. The molecule has 2 rings (SSSR count). The second-order valence-electron chi connectivity index (χ2n) is 6.54. The van der Waals surface area contributed by atoms with Gasteiger partial charge in [-0.25, -0.2) is 0 Å². The van der Waals surface area contributed by atoms with Crippen LogP contribution in [0.1, 0.15) is 64.2 Å². The normalized spacial score (nSPS) is 17.6. The number of hydrogen-bond donors (Lipinski definition) is 1. The molecule has 4 nitrogen and oxygen atoms in total. The molecular formula is C18H30N2O2. The lowest BCUT2D eigenvalue weighted by atomic mass is 9.89. The van der Waals surface area contributed by atoms with Gasteiger partial charge < -0.3 is 9.73 Å². The van der Waals surface area contributed by atoms with Crippen molar-refractivity contribution in [3.63, 3.8) is 0 Å². The Morgan fingerprint density at radius 2 is 2.18 bits per heavy atom. The third-order valence-corrected chi connectivity index (χ3v) is 4.50. The summed E-state index contributed by atoms with van der Waals surface area (Å²) in [4.78, 5) is 14.6. The number of hydrogen-bond acceptors (Lipinski definition) is 3. The minimum atomic E-state index is -0.0688. The molecule has 1 atom stereocenters. The summed E-state index contributed by atoms with van der Waals surface area (Å²) in [6.07, 6.45) is 9.47. The first-order valence-electron chi connectivity index (χ1n) is 8.74. The highest BCUT2D eigenvalue weighted by molar-refractivity contribution is 5.78. The fourth-order valence-electron chi connectivity index (χ4n) is 3.38. The van der Waals surface area contributed by atoms with E-state index >= 15 is 0 Å². The first kappa shape index (κ1) is 17.1. The van der Waals surface area contributed by atoms with E-state index in [-0.39, 0.29) is 11.9 Å². The molecule has 1 N–H and O–H groups in total. The van der Waals surface area contributed by atoms with Crippen molar-refractivity contribution in [2.24, 2.45) is 5.92 Å². The summed E-state index contributed by atoms with van der Waals surface area (Å²) < 4.78 is 5.34. The lowest BCUT2D eigenvalue weighted by molar-refractivity contribution is -0.123. The molecule has 1 amide bonds. The average Bonchev–Trinajstić information content (AvgIpc) is 3.02. The standard InChI is InChI=1S/C18H30N2O2/c1-3-11-20(13-16-8-5-4-6-9-16)14-18(21)19-15(2)17-10-7-12-22-17/h7,10,12,15-16H,3-6,8-9,11,13-14H2,1-2H3,(H,19,21). The van der Waals surface area contributed by atoms with Crippen LogP contribution in [0.5, 0.6) is 0 Å². The number of rotatable bonds is 8. The van der Waals surface area contributed by atoms with Crippen LogP contribution in [0.4, 0.5) is 0 Å². The minimum Gasteiger partial charge on any atom is -0.467 e. The van der Waals surface area contributed by atoms with Crippen molar-refractivity contribution in [1.82, 2.24) is 10.2 Å². The Labute approximate surface area is 134 Å². The highest BCUT2D eigenvalue weighted by atomic mass is 16.3. The van der Waals surface area contributed by atoms with E-state index in [1.165, 1.54) is 32.1 Å². The number of carbonyl (C=O) groups is 1. The van der Waals surface area contributed by atoms with Crippen LogP contribution in [-0.2, 0) is 4.79 Å². The first-order valence-corrected chi connectivity index (χ1v) is 8.74. The van der Waals surface area contributed by atoms with E-state index < -0.39 is 0 Å². The third-order valence-electron chi connectivity index (χ3n) is 4.50. The van der Waals surface area contributed by atoms with Gasteiger partial charge in [-0.15, -0.1) is 0 Å². The van der Waals surface area contributed by atoms with E-state index in [0.717, 1.165) is 31.2 Å². The van der Waals surface area contributed by atoms with Crippen molar-refractivity contribution < 1.29 is 9.21 Å². The van der Waals surface area contributed by atoms with Gasteiger partial charge in [-0.2, -0.15) is 0 Å². The number of amides is 1. The Morgan fingerprint density at radius 1 is 1.41 bits per heavy atom. The molecule has 0 spiro atoms. The molecule has 0 aliphatic heterocycles. The maximum absolute atomic E-state index is 12.3. The van der Waals surface area contributed by atoms with Gasteiger partial charge in [-0.05, 0) is 50.8 Å². The highest BCUT2D eigenvalue weighted by Crippen LogP contribution is 2.24. The molecule has 1 fully saturated rings. The Bertz CT molecular complexity index is 424. The minimum absolute atomic E-state index is 0.0688. The molecule has 1 aromatic rings. The zero-order valence-electron chi connectivity index (χ0n) is 14.0. The van der Waals surface area contributed by atoms with Crippen LogP contribution in [0.3, 0.4) is 0 Å². The Balaban J connectivity index is 1.79. The molecule has 124 valence electrons. The second kappa shape index (κ2) is 8.99. The monoisotopic (exact) mass is 306 g/mol. The smallest absolute Gasteiger partial charge is 0.234 e.